The highest BCUT2D eigenvalue weighted by molar-refractivity contribution is 5.45. The third-order valence-corrected chi connectivity index (χ3v) is 2.84. The minimum Gasteiger partial charge on any atom is -0.360 e. The van der Waals surface area contributed by atoms with Gasteiger partial charge in [0.2, 0.25) is 17.8 Å². The van der Waals surface area contributed by atoms with Gasteiger partial charge >= 0.3 is 0 Å². The number of anilines is 3. The number of nitriles is 1. The van der Waals surface area contributed by atoms with E-state index in [1.165, 1.54) is 0 Å². The van der Waals surface area contributed by atoms with E-state index in [0.717, 1.165) is 6.54 Å². The predicted molar refractivity (Wildman–Crippen MR) is 75.9 cm³/mol. The molecule has 0 amide bonds. The molecule has 0 bridgehead atoms. The van der Waals surface area contributed by atoms with Crippen LogP contribution in [0.2, 0.25) is 0 Å². The molecule has 1 aliphatic heterocycles. The first-order valence-corrected chi connectivity index (χ1v) is 6.57. The number of rotatable bonds is 4. The largest absolute Gasteiger partial charge is 0.360 e. The van der Waals surface area contributed by atoms with Crippen LogP contribution < -0.4 is 15.1 Å². The van der Waals surface area contributed by atoms with Crippen molar-refractivity contribution in [3.63, 3.8) is 0 Å². The number of ether oxygens (including phenoxy) is 1. The number of nitrogens with one attached hydrogen (secondary N) is 1. The quantitative estimate of drug-likeness (QED) is 0.828. The Balaban J connectivity index is 2.27. The van der Waals surface area contributed by atoms with Crippen LogP contribution >= 0.6 is 0 Å². The summed E-state index contributed by atoms with van der Waals surface area (Å²) in [5, 5.41) is 12.1. The summed E-state index contributed by atoms with van der Waals surface area (Å²) in [5.41, 5.74) is 0. The lowest BCUT2D eigenvalue weighted by molar-refractivity contribution is 0.0758. The fourth-order valence-corrected chi connectivity index (χ4v) is 1.84. The molecule has 108 valence electrons. The zero-order valence-corrected chi connectivity index (χ0v) is 12.0. The third kappa shape index (κ3) is 3.24. The van der Waals surface area contributed by atoms with Crippen LogP contribution in [0, 0.1) is 11.3 Å². The number of hydrogen-bond donors (Lipinski definition) is 1. The van der Waals surface area contributed by atoms with Crippen LogP contribution in [0.5, 0.6) is 0 Å². The van der Waals surface area contributed by atoms with Crippen molar-refractivity contribution in [1.82, 2.24) is 15.0 Å². The number of aromatic nitrogens is 3. The highest BCUT2D eigenvalue weighted by Crippen LogP contribution is 2.17. The van der Waals surface area contributed by atoms with Gasteiger partial charge in [-0.2, -0.15) is 20.2 Å². The third-order valence-electron chi connectivity index (χ3n) is 2.84. The van der Waals surface area contributed by atoms with Crippen molar-refractivity contribution in [2.75, 3.05) is 55.5 Å². The summed E-state index contributed by atoms with van der Waals surface area (Å²) in [6.45, 7) is 4.36. The van der Waals surface area contributed by atoms with Crippen LogP contribution in [0.15, 0.2) is 0 Å². The predicted octanol–water partition coefficient (Wildman–Crippen LogP) is 0.0982. The molecule has 1 aromatic rings. The lowest BCUT2D eigenvalue weighted by Crippen LogP contribution is -2.43. The Hall–Kier alpha value is -2.14. The molecule has 2 heterocycles. The maximum atomic E-state index is 8.96. The molecule has 8 heteroatoms. The maximum absolute atomic E-state index is 8.96. The van der Waals surface area contributed by atoms with Gasteiger partial charge in [-0.1, -0.05) is 0 Å². The Morgan fingerprint density at radius 1 is 1.45 bits per heavy atom. The highest BCUT2D eigenvalue weighted by Gasteiger charge is 2.23. The Morgan fingerprint density at radius 2 is 2.25 bits per heavy atom. The van der Waals surface area contributed by atoms with Crippen LogP contribution in [0.25, 0.3) is 0 Å². The standard InChI is InChI=1S/C12H19N7O/c1-4-14-10-15-11(18(2)3)17-12(16-10)19-5-6-20-9(7-13)8-19/h9H,4-6,8H2,1-3H3,(H,14,15,16,17). The van der Waals surface area contributed by atoms with Crippen LogP contribution in [-0.2, 0) is 4.74 Å². The molecule has 8 nitrogen and oxygen atoms in total. The van der Waals surface area contributed by atoms with Crippen LogP contribution in [-0.4, -0.2) is 61.4 Å². The molecule has 1 aliphatic rings. The number of nitrogens with zero attached hydrogens (tertiary/aromatic N) is 6. The smallest absolute Gasteiger partial charge is 0.232 e. The minimum atomic E-state index is -0.439. The van der Waals surface area contributed by atoms with Gasteiger partial charge in [0, 0.05) is 27.2 Å². The topological polar surface area (TPSA) is 90.2 Å². The fourth-order valence-electron chi connectivity index (χ4n) is 1.84. The van der Waals surface area contributed by atoms with Crippen LogP contribution in [0.3, 0.4) is 0 Å². The molecule has 0 radical (unpaired) electrons. The van der Waals surface area contributed by atoms with E-state index in [1.54, 1.807) is 0 Å². The van der Waals surface area contributed by atoms with Gasteiger partial charge in [0.15, 0.2) is 6.10 Å². The summed E-state index contributed by atoms with van der Waals surface area (Å²) < 4.78 is 5.33. The fraction of sp³-hybridized carbons (Fsp3) is 0.667. The molecule has 1 fully saturated rings. The zero-order chi connectivity index (χ0) is 14.5. The minimum absolute atomic E-state index is 0.439. The van der Waals surface area contributed by atoms with E-state index in [4.69, 9.17) is 10.00 Å². The van der Waals surface area contributed by atoms with E-state index < -0.39 is 6.10 Å². The van der Waals surface area contributed by atoms with E-state index in [9.17, 15) is 0 Å². The highest BCUT2D eigenvalue weighted by atomic mass is 16.5. The van der Waals surface area contributed by atoms with E-state index in [-0.39, 0.29) is 0 Å². The monoisotopic (exact) mass is 277 g/mol. The molecule has 0 spiro atoms. The summed E-state index contributed by atoms with van der Waals surface area (Å²) in [7, 11) is 3.76. The summed E-state index contributed by atoms with van der Waals surface area (Å²) in [6, 6.07) is 2.12. The summed E-state index contributed by atoms with van der Waals surface area (Å²) >= 11 is 0. The second-order valence-electron chi connectivity index (χ2n) is 4.62. The Labute approximate surface area is 118 Å². The maximum Gasteiger partial charge on any atom is 0.232 e. The van der Waals surface area contributed by atoms with Gasteiger partial charge in [0.25, 0.3) is 0 Å². The van der Waals surface area contributed by atoms with Crippen molar-refractivity contribution in [3.8, 4) is 6.07 Å². The molecule has 1 unspecified atom stereocenters. The van der Waals surface area contributed by atoms with E-state index in [1.807, 2.05) is 30.8 Å². The van der Waals surface area contributed by atoms with Crippen molar-refractivity contribution >= 4 is 17.8 Å². The first-order chi connectivity index (χ1) is 9.63. The molecular weight excluding hydrogens is 258 g/mol. The van der Waals surface area contributed by atoms with E-state index in [0.29, 0.717) is 37.5 Å². The lowest BCUT2D eigenvalue weighted by atomic mass is 10.3. The molecule has 1 aromatic heterocycles. The van der Waals surface area contributed by atoms with Gasteiger partial charge < -0.3 is 19.9 Å². The molecule has 1 atom stereocenters. The first kappa shape index (κ1) is 14.3. The summed E-state index contributed by atoms with van der Waals surface area (Å²) in [5.74, 6) is 1.70. The second-order valence-corrected chi connectivity index (χ2v) is 4.62. The Bertz CT molecular complexity index is 499. The average molecular weight is 277 g/mol. The van der Waals surface area contributed by atoms with Crippen molar-refractivity contribution in [2.24, 2.45) is 0 Å². The van der Waals surface area contributed by atoms with Gasteiger partial charge in [-0.3, -0.25) is 0 Å². The van der Waals surface area contributed by atoms with Gasteiger partial charge in [0.1, 0.15) is 0 Å². The van der Waals surface area contributed by atoms with Crippen molar-refractivity contribution in [2.45, 2.75) is 13.0 Å². The van der Waals surface area contributed by atoms with Gasteiger partial charge in [0.05, 0.1) is 19.2 Å². The number of morpholine rings is 1. The molecule has 0 saturated carbocycles. The van der Waals surface area contributed by atoms with Gasteiger partial charge in [-0.15, -0.1) is 0 Å². The average Bonchev–Trinajstić information content (AvgIpc) is 2.47. The lowest BCUT2D eigenvalue weighted by Gasteiger charge is -2.30. The van der Waals surface area contributed by atoms with Crippen LogP contribution in [0.1, 0.15) is 6.92 Å². The van der Waals surface area contributed by atoms with Crippen molar-refractivity contribution in [3.05, 3.63) is 0 Å². The normalized spacial score (nSPS) is 18.5. The molecular formula is C12H19N7O. The molecule has 1 saturated heterocycles. The molecule has 0 aromatic carbocycles. The molecule has 1 N–H and O–H groups in total. The van der Waals surface area contributed by atoms with Crippen molar-refractivity contribution in [1.29, 1.82) is 5.26 Å². The van der Waals surface area contributed by atoms with E-state index >= 15 is 0 Å². The zero-order valence-electron chi connectivity index (χ0n) is 12.0. The SMILES string of the molecule is CCNc1nc(N(C)C)nc(N2CCOC(C#N)C2)n1. The van der Waals surface area contributed by atoms with Crippen molar-refractivity contribution < 1.29 is 4.74 Å². The van der Waals surface area contributed by atoms with Crippen LogP contribution in [0.4, 0.5) is 17.8 Å². The Kier molecular flexibility index (Phi) is 4.53. The molecule has 20 heavy (non-hydrogen) atoms. The second kappa shape index (κ2) is 6.34. The van der Waals surface area contributed by atoms with Gasteiger partial charge in [-0.05, 0) is 6.92 Å². The van der Waals surface area contributed by atoms with E-state index in [2.05, 4.69) is 26.3 Å². The molecule has 0 aliphatic carbocycles. The van der Waals surface area contributed by atoms with Gasteiger partial charge in [-0.25, -0.2) is 0 Å². The first-order valence-electron chi connectivity index (χ1n) is 6.57. The summed E-state index contributed by atoms with van der Waals surface area (Å²) in [6.07, 6.45) is -0.439. The number of hydrogen-bond acceptors (Lipinski definition) is 8. The summed E-state index contributed by atoms with van der Waals surface area (Å²) in [4.78, 5) is 16.9. The Morgan fingerprint density at radius 3 is 2.90 bits per heavy atom. The molecule has 2 rings (SSSR count).